The Morgan fingerprint density at radius 1 is 0.810 bits per heavy atom. The predicted octanol–water partition coefficient (Wildman–Crippen LogP) is 3.40. The van der Waals surface area contributed by atoms with E-state index in [4.69, 9.17) is 9.47 Å². The third kappa shape index (κ3) is 3.50. The number of halogens is 1. The maximum atomic E-state index is 12.7. The van der Waals surface area contributed by atoms with Crippen molar-refractivity contribution in [3.8, 4) is 23.3 Å². The molecule has 0 aliphatic heterocycles. The molecule has 0 saturated heterocycles. The Balaban J connectivity index is 1.68. The Morgan fingerprint density at radius 3 is 2.10 bits per heavy atom. The van der Waals surface area contributed by atoms with E-state index in [0.717, 1.165) is 0 Å². The molecule has 3 aromatic heterocycles. The maximum absolute atomic E-state index is 12.7. The van der Waals surface area contributed by atoms with Gasteiger partial charge in [-0.15, -0.1) is 0 Å². The van der Waals surface area contributed by atoms with Crippen molar-refractivity contribution in [2.24, 2.45) is 0 Å². The van der Waals surface area contributed by atoms with Gasteiger partial charge in [-0.2, -0.15) is 4.39 Å². The van der Waals surface area contributed by atoms with Crippen LogP contribution in [0.5, 0.6) is 23.3 Å². The molecule has 0 atom stereocenters. The van der Waals surface area contributed by atoms with Gasteiger partial charge in [0.1, 0.15) is 11.5 Å². The van der Waals surface area contributed by atoms with Gasteiger partial charge >= 0.3 is 0 Å². The standard InChI is InChI=1S/C15H9FN3O2/c16-13-6-4-11(9-18-13)21-15-7-5-12(10-19-15)20-14-3-1-2-8-17-14/h1,3-10H. The first-order chi connectivity index (χ1) is 10.3. The molecular formula is C15H9FN3O2. The quantitative estimate of drug-likeness (QED) is 0.686. The first-order valence-corrected chi connectivity index (χ1v) is 6.05. The van der Waals surface area contributed by atoms with E-state index in [9.17, 15) is 4.39 Å². The molecule has 6 heteroatoms. The maximum Gasteiger partial charge on any atom is 0.219 e. The normalized spacial score (nSPS) is 10.1. The summed E-state index contributed by atoms with van der Waals surface area (Å²) in [6, 6.07) is 12.2. The average molecular weight is 282 g/mol. The Labute approximate surface area is 120 Å². The Kier molecular flexibility index (Phi) is 3.68. The molecule has 0 aliphatic rings. The smallest absolute Gasteiger partial charge is 0.219 e. The van der Waals surface area contributed by atoms with Gasteiger partial charge in [-0.25, -0.2) is 15.0 Å². The number of aromatic nitrogens is 3. The molecule has 1 radical (unpaired) electrons. The second kappa shape index (κ2) is 5.96. The molecule has 0 saturated carbocycles. The summed E-state index contributed by atoms with van der Waals surface area (Å²) in [6.07, 6.45) is 4.30. The number of hydrogen-bond acceptors (Lipinski definition) is 5. The zero-order valence-electron chi connectivity index (χ0n) is 10.7. The van der Waals surface area contributed by atoms with E-state index >= 15 is 0 Å². The molecule has 3 rings (SSSR count). The van der Waals surface area contributed by atoms with Crippen molar-refractivity contribution in [3.63, 3.8) is 0 Å². The van der Waals surface area contributed by atoms with Gasteiger partial charge in [-0.3, -0.25) is 0 Å². The third-order valence-electron chi connectivity index (χ3n) is 2.44. The lowest BCUT2D eigenvalue weighted by Crippen LogP contribution is -1.91. The van der Waals surface area contributed by atoms with Gasteiger partial charge in [-0.05, 0) is 24.3 Å². The number of nitrogens with zero attached hydrogens (tertiary/aromatic N) is 3. The van der Waals surface area contributed by atoms with Crippen LogP contribution in [0.2, 0.25) is 0 Å². The van der Waals surface area contributed by atoms with Crippen LogP contribution in [0.25, 0.3) is 0 Å². The minimum absolute atomic E-state index is 0.352. The lowest BCUT2D eigenvalue weighted by molar-refractivity contribution is 0.441. The fourth-order valence-corrected chi connectivity index (χ4v) is 1.52. The van der Waals surface area contributed by atoms with E-state index in [1.807, 2.05) is 0 Å². The van der Waals surface area contributed by atoms with Gasteiger partial charge in [0.05, 0.1) is 12.4 Å². The van der Waals surface area contributed by atoms with Crippen molar-refractivity contribution in [2.75, 3.05) is 0 Å². The van der Waals surface area contributed by atoms with E-state index in [0.29, 0.717) is 23.3 Å². The molecule has 0 unspecified atom stereocenters. The molecule has 0 aromatic carbocycles. The van der Waals surface area contributed by atoms with Gasteiger partial charge in [0.25, 0.3) is 0 Å². The van der Waals surface area contributed by atoms with E-state index in [2.05, 4.69) is 21.0 Å². The summed E-state index contributed by atoms with van der Waals surface area (Å²) in [6.45, 7) is 0. The van der Waals surface area contributed by atoms with Crippen LogP contribution in [0, 0.1) is 12.0 Å². The molecule has 103 valence electrons. The zero-order chi connectivity index (χ0) is 14.5. The van der Waals surface area contributed by atoms with Gasteiger partial charge in [-0.1, -0.05) is 0 Å². The van der Waals surface area contributed by atoms with Crippen LogP contribution >= 0.6 is 0 Å². The second-order valence-corrected chi connectivity index (χ2v) is 3.95. The molecular weight excluding hydrogens is 273 g/mol. The molecule has 0 aliphatic carbocycles. The van der Waals surface area contributed by atoms with Crippen LogP contribution in [-0.4, -0.2) is 15.0 Å². The monoisotopic (exact) mass is 282 g/mol. The van der Waals surface area contributed by atoms with Crippen LogP contribution in [0.4, 0.5) is 4.39 Å². The lowest BCUT2D eigenvalue weighted by atomic mass is 10.4. The van der Waals surface area contributed by atoms with Crippen molar-refractivity contribution >= 4 is 0 Å². The number of hydrogen-bond donors (Lipinski definition) is 0. The fraction of sp³-hybridized carbons (Fsp3) is 0. The Hall–Kier alpha value is -3.02. The lowest BCUT2D eigenvalue weighted by Gasteiger charge is -2.06. The van der Waals surface area contributed by atoms with Crippen LogP contribution in [0.15, 0.2) is 55.0 Å². The fourth-order valence-electron chi connectivity index (χ4n) is 1.52. The number of rotatable bonds is 4. The first-order valence-electron chi connectivity index (χ1n) is 6.05. The minimum atomic E-state index is -0.563. The van der Waals surface area contributed by atoms with Crippen molar-refractivity contribution in [1.29, 1.82) is 0 Å². The van der Waals surface area contributed by atoms with Crippen LogP contribution in [0.3, 0.4) is 0 Å². The minimum Gasteiger partial charge on any atom is -0.437 e. The SMILES string of the molecule is Fc1ccc(Oc2ccc(Oc3cc[c]cn3)cn2)cn1. The first kappa shape index (κ1) is 13.0. The van der Waals surface area contributed by atoms with Gasteiger partial charge in [0.15, 0.2) is 0 Å². The highest BCUT2D eigenvalue weighted by Crippen LogP contribution is 2.22. The number of ether oxygens (including phenoxy) is 2. The molecule has 0 N–H and O–H groups in total. The van der Waals surface area contributed by atoms with Crippen molar-refractivity contribution in [3.05, 3.63) is 67.0 Å². The highest BCUT2D eigenvalue weighted by Gasteiger charge is 2.02. The van der Waals surface area contributed by atoms with Crippen molar-refractivity contribution in [1.82, 2.24) is 15.0 Å². The van der Waals surface area contributed by atoms with Crippen molar-refractivity contribution in [2.45, 2.75) is 0 Å². The third-order valence-corrected chi connectivity index (χ3v) is 2.44. The highest BCUT2D eigenvalue weighted by atomic mass is 19.1. The molecule has 3 aromatic rings. The molecule has 0 bridgehead atoms. The largest absolute Gasteiger partial charge is 0.437 e. The molecule has 3 heterocycles. The summed E-state index contributed by atoms with van der Waals surface area (Å²) < 4.78 is 23.6. The Bertz CT molecular complexity index is 703. The summed E-state index contributed by atoms with van der Waals surface area (Å²) in [7, 11) is 0. The van der Waals surface area contributed by atoms with E-state index < -0.39 is 5.95 Å². The average Bonchev–Trinajstić information content (AvgIpc) is 2.53. The molecule has 0 fully saturated rings. The summed E-state index contributed by atoms with van der Waals surface area (Å²) >= 11 is 0. The molecule has 0 spiro atoms. The zero-order valence-corrected chi connectivity index (χ0v) is 10.7. The van der Waals surface area contributed by atoms with Crippen LogP contribution in [-0.2, 0) is 0 Å². The topological polar surface area (TPSA) is 57.1 Å². The van der Waals surface area contributed by atoms with Crippen LogP contribution < -0.4 is 9.47 Å². The van der Waals surface area contributed by atoms with Crippen LogP contribution in [0.1, 0.15) is 0 Å². The Morgan fingerprint density at radius 2 is 1.52 bits per heavy atom. The van der Waals surface area contributed by atoms with Gasteiger partial charge in [0, 0.05) is 24.4 Å². The second-order valence-electron chi connectivity index (χ2n) is 3.95. The summed E-state index contributed by atoms with van der Waals surface area (Å²) in [5, 5.41) is 0. The summed E-state index contributed by atoms with van der Waals surface area (Å²) in [5.74, 6) is 1.17. The molecule has 21 heavy (non-hydrogen) atoms. The molecule has 0 amide bonds. The predicted molar refractivity (Wildman–Crippen MR) is 71.7 cm³/mol. The van der Waals surface area contributed by atoms with E-state index in [1.54, 1.807) is 24.3 Å². The number of pyridine rings is 3. The van der Waals surface area contributed by atoms with E-state index in [-0.39, 0.29) is 0 Å². The van der Waals surface area contributed by atoms with Crippen molar-refractivity contribution < 1.29 is 13.9 Å². The van der Waals surface area contributed by atoms with Gasteiger partial charge in [0.2, 0.25) is 17.7 Å². The highest BCUT2D eigenvalue weighted by molar-refractivity contribution is 5.29. The van der Waals surface area contributed by atoms with Gasteiger partial charge < -0.3 is 9.47 Å². The summed E-state index contributed by atoms with van der Waals surface area (Å²) in [5.41, 5.74) is 0. The molecule has 5 nitrogen and oxygen atoms in total. The van der Waals surface area contributed by atoms with E-state index in [1.165, 1.54) is 30.7 Å². The summed E-state index contributed by atoms with van der Waals surface area (Å²) in [4.78, 5) is 11.6.